The minimum Gasteiger partial charge on any atom is -0.369 e. The number of anilines is 1. The minimum atomic E-state index is 0.410. The largest absolute Gasteiger partial charge is 0.369 e. The van der Waals surface area contributed by atoms with Crippen LogP contribution in [0.15, 0.2) is 48.9 Å². The van der Waals surface area contributed by atoms with Crippen molar-refractivity contribution >= 4 is 5.95 Å². The Bertz CT molecular complexity index is 623. The average Bonchev–Trinajstić information content (AvgIpc) is 2.98. The number of benzene rings is 1. The highest BCUT2D eigenvalue weighted by molar-refractivity contribution is 5.58. The second-order valence-corrected chi connectivity index (χ2v) is 3.69. The molecule has 5 nitrogen and oxygen atoms in total. The summed E-state index contributed by atoms with van der Waals surface area (Å²) in [5.74, 6) is 0.410. The SMILES string of the molecule is Nc1ncc(-c2cnn(-c3ccccc3)c2)[nH]1. The van der Waals surface area contributed by atoms with Gasteiger partial charge in [-0.1, -0.05) is 18.2 Å². The number of nitrogens with one attached hydrogen (secondary N) is 1. The third kappa shape index (κ3) is 1.78. The van der Waals surface area contributed by atoms with E-state index in [1.807, 2.05) is 41.2 Å². The predicted octanol–water partition coefficient (Wildman–Crippen LogP) is 1.84. The fourth-order valence-electron chi connectivity index (χ4n) is 1.67. The highest BCUT2D eigenvalue weighted by Gasteiger charge is 2.05. The maximum atomic E-state index is 5.54. The number of aromatic nitrogens is 4. The van der Waals surface area contributed by atoms with E-state index in [9.17, 15) is 0 Å². The molecule has 0 saturated carbocycles. The van der Waals surface area contributed by atoms with Gasteiger partial charge in [0.15, 0.2) is 5.95 Å². The average molecular weight is 225 g/mol. The Kier molecular flexibility index (Phi) is 2.15. The van der Waals surface area contributed by atoms with E-state index in [0.29, 0.717) is 5.95 Å². The number of H-pyrrole nitrogens is 1. The Labute approximate surface area is 97.9 Å². The van der Waals surface area contributed by atoms with E-state index in [1.165, 1.54) is 0 Å². The van der Waals surface area contributed by atoms with Gasteiger partial charge in [-0.3, -0.25) is 0 Å². The molecule has 3 rings (SSSR count). The van der Waals surface area contributed by atoms with Crippen molar-refractivity contribution in [1.82, 2.24) is 19.7 Å². The first-order valence-corrected chi connectivity index (χ1v) is 5.24. The molecule has 0 aliphatic heterocycles. The highest BCUT2D eigenvalue weighted by Crippen LogP contribution is 2.18. The quantitative estimate of drug-likeness (QED) is 0.699. The number of rotatable bonds is 2. The molecule has 0 fully saturated rings. The van der Waals surface area contributed by atoms with Crippen molar-refractivity contribution < 1.29 is 0 Å². The Hall–Kier alpha value is -2.56. The van der Waals surface area contributed by atoms with Gasteiger partial charge in [-0.2, -0.15) is 5.10 Å². The molecule has 0 saturated heterocycles. The van der Waals surface area contributed by atoms with E-state index in [4.69, 9.17) is 5.73 Å². The summed E-state index contributed by atoms with van der Waals surface area (Å²) in [6, 6.07) is 9.93. The van der Waals surface area contributed by atoms with Crippen LogP contribution in [0, 0.1) is 0 Å². The van der Waals surface area contributed by atoms with Crippen molar-refractivity contribution in [2.24, 2.45) is 0 Å². The van der Waals surface area contributed by atoms with Crippen LogP contribution < -0.4 is 5.73 Å². The van der Waals surface area contributed by atoms with E-state index >= 15 is 0 Å². The normalized spacial score (nSPS) is 10.6. The summed E-state index contributed by atoms with van der Waals surface area (Å²) < 4.78 is 1.81. The lowest BCUT2D eigenvalue weighted by molar-refractivity contribution is 0.881. The van der Waals surface area contributed by atoms with Gasteiger partial charge < -0.3 is 10.7 Å². The van der Waals surface area contributed by atoms with E-state index in [-0.39, 0.29) is 0 Å². The number of nitrogens with two attached hydrogens (primary N) is 1. The monoisotopic (exact) mass is 225 g/mol. The molecule has 0 aliphatic carbocycles. The van der Waals surface area contributed by atoms with Gasteiger partial charge in [0.2, 0.25) is 0 Å². The summed E-state index contributed by atoms with van der Waals surface area (Å²) in [5, 5.41) is 4.30. The molecule has 5 heteroatoms. The van der Waals surface area contributed by atoms with Crippen LogP contribution in [0.4, 0.5) is 5.95 Å². The smallest absolute Gasteiger partial charge is 0.197 e. The molecule has 3 aromatic rings. The lowest BCUT2D eigenvalue weighted by Crippen LogP contribution is -1.92. The standard InChI is InChI=1S/C12H11N5/c13-12-14-7-11(16-12)9-6-15-17(8-9)10-4-2-1-3-5-10/h1-8H,(H3,13,14,16). The van der Waals surface area contributed by atoms with E-state index in [2.05, 4.69) is 15.1 Å². The number of para-hydroxylation sites is 1. The highest BCUT2D eigenvalue weighted by atomic mass is 15.3. The molecule has 2 heterocycles. The van der Waals surface area contributed by atoms with Crippen molar-refractivity contribution in [2.45, 2.75) is 0 Å². The zero-order valence-electron chi connectivity index (χ0n) is 9.04. The molecule has 84 valence electrons. The molecule has 0 unspecified atom stereocenters. The molecule has 0 spiro atoms. The first-order chi connectivity index (χ1) is 8.33. The van der Waals surface area contributed by atoms with Gasteiger partial charge in [0.05, 0.1) is 23.8 Å². The molecule has 17 heavy (non-hydrogen) atoms. The zero-order valence-corrected chi connectivity index (χ0v) is 9.04. The number of aromatic amines is 1. The summed E-state index contributed by atoms with van der Waals surface area (Å²) in [5.41, 5.74) is 8.38. The lowest BCUT2D eigenvalue weighted by Gasteiger charge is -1.98. The summed E-state index contributed by atoms with van der Waals surface area (Å²) in [6.07, 6.45) is 5.41. The molecule has 0 radical (unpaired) electrons. The molecule has 1 aromatic carbocycles. The molecule has 0 amide bonds. The van der Waals surface area contributed by atoms with Gasteiger partial charge in [0.25, 0.3) is 0 Å². The second-order valence-electron chi connectivity index (χ2n) is 3.69. The van der Waals surface area contributed by atoms with Crippen LogP contribution in [-0.2, 0) is 0 Å². The molecular formula is C12H11N5. The molecule has 0 atom stereocenters. The number of imidazole rings is 1. The fraction of sp³-hybridized carbons (Fsp3) is 0. The maximum Gasteiger partial charge on any atom is 0.197 e. The predicted molar refractivity (Wildman–Crippen MR) is 65.6 cm³/mol. The first kappa shape index (κ1) is 9.65. The number of nitrogen functional groups attached to an aromatic ring is 1. The van der Waals surface area contributed by atoms with E-state index in [0.717, 1.165) is 16.9 Å². The second kappa shape index (κ2) is 3.79. The summed E-state index contributed by atoms with van der Waals surface area (Å²) in [7, 11) is 0. The van der Waals surface area contributed by atoms with Crippen LogP contribution in [0.1, 0.15) is 0 Å². The van der Waals surface area contributed by atoms with E-state index in [1.54, 1.807) is 12.4 Å². The van der Waals surface area contributed by atoms with Crippen LogP contribution in [0.5, 0.6) is 0 Å². The summed E-state index contributed by atoms with van der Waals surface area (Å²) >= 11 is 0. The van der Waals surface area contributed by atoms with Gasteiger partial charge >= 0.3 is 0 Å². The number of hydrogen-bond acceptors (Lipinski definition) is 3. The minimum absolute atomic E-state index is 0.410. The van der Waals surface area contributed by atoms with Crippen molar-refractivity contribution in [1.29, 1.82) is 0 Å². The molecule has 3 N–H and O–H groups in total. The Morgan fingerprint density at radius 2 is 1.94 bits per heavy atom. The number of nitrogens with zero attached hydrogens (tertiary/aromatic N) is 3. The fourth-order valence-corrected chi connectivity index (χ4v) is 1.67. The van der Waals surface area contributed by atoms with Gasteiger partial charge in [-0.15, -0.1) is 0 Å². The Morgan fingerprint density at radius 1 is 1.12 bits per heavy atom. The zero-order chi connectivity index (χ0) is 11.7. The Morgan fingerprint density at radius 3 is 2.65 bits per heavy atom. The van der Waals surface area contributed by atoms with Crippen molar-refractivity contribution in [3.8, 4) is 16.9 Å². The van der Waals surface area contributed by atoms with E-state index < -0.39 is 0 Å². The topological polar surface area (TPSA) is 72.5 Å². The number of hydrogen-bond donors (Lipinski definition) is 2. The van der Waals surface area contributed by atoms with Crippen molar-refractivity contribution in [3.63, 3.8) is 0 Å². The summed E-state index contributed by atoms with van der Waals surface area (Å²) in [4.78, 5) is 6.93. The maximum absolute atomic E-state index is 5.54. The van der Waals surface area contributed by atoms with Gasteiger partial charge in [0, 0.05) is 11.8 Å². The Balaban J connectivity index is 1.99. The third-order valence-electron chi connectivity index (χ3n) is 2.51. The van der Waals surface area contributed by atoms with Gasteiger partial charge in [-0.05, 0) is 12.1 Å². The van der Waals surface area contributed by atoms with Gasteiger partial charge in [-0.25, -0.2) is 9.67 Å². The summed E-state index contributed by atoms with van der Waals surface area (Å²) in [6.45, 7) is 0. The van der Waals surface area contributed by atoms with Crippen molar-refractivity contribution in [3.05, 3.63) is 48.9 Å². The van der Waals surface area contributed by atoms with Crippen LogP contribution >= 0.6 is 0 Å². The third-order valence-corrected chi connectivity index (χ3v) is 2.51. The molecular weight excluding hydrogens is 214 g/mol. The molecule has 0 aliphatic rings. The van der Waals surface area contributed by atoms with Crippen LogP contribution in [0.2, 0.25) is 0 Å². The molecule has 2 aromatic heterocycles. The van der Waals surface area contributed by atoms with Crippen LogP contribution in [-0.4, -0.2) is 19.7 Å². The van der Waals surface area contributed by atoms with Crippen molar-refractivity contribution in [2.75, 3.05) is 5.73 Å². The lowest BCUT2D eigenvalue weighted by atomic mass is 10.3. The van der Waals surface area contributed by atoms with Crippen LogP contribution in [0.25, 0.3) is 16.9 Å². The van der Waals surface area contributed by atoms with Crippen LogP contribution in [0.3, 0.4) is 0 Å². The first-order valence-electron chi connectivity index (χ1n) is 5.24. The molecule has 0 bridgehead atoms. The van der Waals surface area contributed by atoms with Gasteiger partial charge in [0.1, 0.15) is 0 Å².